The van der Waals surface area contributed by atoms with Crippen LogP contribution >= 0.6 is 0 Å². The second-order valence-corrected chi connectivity index (χ2v) is 9.52. The van der Waals surface area contributed by atoms with Crippen LogP contribution in [-0.4, -0.2) is 66.1 Å². The summed E-state index contributed by atoms with van der Waals surface area (Å²) in [6, 6.07) is 3.71. The number of hydrogen-bond acceptors (Lipinski definition) is 7. The molecule has 9 nitrogen and oxygen atoms in total. The Morgan fingerprint density at radius 3 is 2.66 bits per heavy atom. The summed E-state index contributed by atoms with van der Waals surface area (Å²) in [6.45, 7) is 9.53. The molecular formula is C23H35N5O4. The van der Waals surface area contributed by atoms with Crippen molar-refractivity contribution in [3.05, 3.63) is 23.9 Å². The highest BCUT2D eigenvalue weighted by atomic mass is 16.6. The maximum atomic E-state index is 12.1. The first-order valence-corrected chi connectivity index (χ1v) is 11.4. The van der Waals surface area contributed by atoms with Crippen LogP contribution in [0.2, 0.25) is 0 Å². The van der Waals surface area contributed by atoms with E-state index >= 15 is 0 Å². The van der Waals surface area contributed by atoms with Gasteiger partial charge in [-0.05, 0) is 70.2 Å². The predicted octanol–water partition coefficient (Wildman–Crippen LogP) is 2.25. The van der Waals surface area contributed by atoms with Crippen LogP contribution in [0, 0.1) is 5.92 Å². The highest BCUT2D eigenvalue weighted by Gasteiger charge is 2.28. The number of rotatable bonds is 7. The number of carbonyl (C=O) groups is 3. The monoisotopic (exact) mass is 445 g/mol. The molecule has 1 atom stereocenters. The fourth-order valence-electron chi connectivity index (χ4n) is 4.00. The Morgan fingerprint density at radius 1 is 1.22 bits per heavy atom. The highest BCUT2D eigenvalue weighted by Crippen LogP contribution is 2.25. The first kappa shape index (κ1) is 24.0. The van der Waals surface area contributed by atoms with Crippen LogP contribution in [0.15, 0.2) is 18.3 Å². The van der Waals surface area contributed by atoms with Gasteiger partial charge in [0.05, 0.1) is 5.92 Å². The summed E-state index contributed by atoms with van der Waals surface area (Å²) >= 11 is 0. The lowest BCUT2D eigenvalue weighted by Crippen LogP contribution is -2.43. The average Bonchev–Trinajstić information content (AvgIpc) is 2.73. The molecule has 0 radical (unpaired) electrons. The van der Waals surface area contributed by atoms with Gasteiger partial charge in [-0.25, -0.2) is 9.78 Å². The van der Waals surface area contributed by atoms with Crippen LogP contribution in [0.25, 0.3) is 0 Å². The third-order valence-electron chi connectivity index (χ3n) is 5.73. The molecular weight excluding hydrogens is 410 g/mol. The number of pyridine rings is 1. The Balaban J connectivity index is 1.33. The van der Waals surface area contributed by atoms with Crippen LogP contribution in [0.1, 0.15) is 57.9 Å². The molecule has 2 aliphatic rings. The minimum absolute atomic E-state index is 0.208. The van der Waals surface area contributed by atoms with Crippen molar-refractivity contribution < 1.29 is 19.1 Å². The third kappa shape index (κ3) is 7.19. The largest absolute Gasteiger partial charge is 0.444 e. The molecule has 0 spiro atoms. The smallest absolute Gasteiger partial charge is 0.410 e. The zero-order valence-electron chi connectivity index (χ0n) is 19.3. The molecule has 1 aromatic heterocycles. The summed E-state index contributed by atoms with van der Waals surface area (Å²) < 4.78 is 5.45. The van der Waals surface area contributed by atoms with Gasteiger partial charge in [0.1, 0.15) is 11.4 Å². The van der Waals surface area contributed by atoms with E-state index < -0.39 is 5.60 Å². The van der Waals surface area contributed by atoms with Crippen LogP contribution in [-0.2, 0) is 14.3 Å². The molecule has 3 amide bonds. The molecule has 0 bridgehead atoms. The number of carbonyl (C=O) groups excluding carboxylic acids is 3. The number of ether oxygens (including phenoxy) is 1. The summed E-state index contributed by atoms with van der Waals surface area (Å²) in [7, 11) is 0. The molecule has 1 unspecified atom stereocenters. The summed E-state index contributed by atoms with van der Waals surface area (Å²) in [6.07, 6.45) is 4.29. The maximum Gasteiger partial charge on any atom is 0.410 e. The fourth-order valence-corrected chi connectivity index (χ4v) is 4.00. The first-order valence-electron chi connectivity index (χ1n) is 11.4. The van der Waals surface area contributed by atoms with Gasteiger partial charge in [-0.3, -0.25) is 14.9 Å². The van der Waals surface area contributed by atoms with Gasteiger partial charge < -0.3 is 20.3 Å². The van der Waals surface area contributed by atoms with Crippen molar-refractivity contribution in [2.45, 2.75) is 58.0 Å². The Hall–Kier alpha value is -2.68. The molecule has 176 valence electrons. The predicted molar refractivity (Wildman–Crippen MR) is 121 cm³/mol. The Kier molecular flexibility index (Phi) is 8.06. The maximum absolute atomic E-state index is 12.1. The lowest BCUT2D eigenvalue weighted by molar-refractivity contribution is -0.134. The minimum atomic E-state index is -0.460. The number of likely N-dealkylation sites (tertiary alicyclic amines) is 1. The average molecular weight is 446 g/mol. The van der Waals surface area contributed by atoms with Gasteiger partial charge >= 0.3 is 6.09 Å². The number of piperidine rings is 2. The van der Waals surface area contributed by atoms with E-state index in [4.69, 9.17) is 4.74 Å². The van der Waals surface area contributed by atoms with E-state index in [2.05, 4.69) is 20.9 Å². The van der Waals surface area contributed by atoms with Crippen molar-refractivity contribution in [1.82, 2.24) is 20.5 Å². The molecule has 9 heteroatoms. The molecule has 1 aromatic rings. The van der Waals surface area contributed by atoms with E-state index in [0.717, 1.165) is 50.4 Å². The van der Waals surface area contributed by atoms with E-state index in [-0.39, 0.29) is 23.8 Å². The SMILES string of the molecule is CC(C)(C)OC(=O)N1CCC(CNCCNc2cc(C3CCC(=O)NC3=O)ccn2)CC1. The Bertz CT molecular complexity index is 815. The van der Waals surface area contributed by atoms with Crippen LogP contribution in [0.5, 0.6) is 0 Å². The number of imide groups is 1. The topological polar surface area (TPSA) is 113 Å². The quantitative estimate of drug-likeness (QED) is 0.436. The van der Waals surface area contributed by atoms with Crippen LogP contribution < -0.4 is 16.0 Å². The summed E-state index contributed by atoms with van der Waals surface area (Å²) in [4.78, 5) is 41.7. The highest BCUT2D eigenvalue weighted by molar-refractivity contribution is 6.00. The van der Waals surface area contributed by atoms with Crippen molar-refractivity contribution in [2.75, 3.05) is 38.0 Å². The third-order valence-corrected chi connectivity index (χ3v) is 5.73. The molecule has 0 aliphatic carbocycles. The normalized spacial score (nSPS) is 20.1. The van der Waals surface area contributed by atoms with Crippen molar-refractivity contribution in [3.63, 3.8) is 0 Å². The van der Waals surface area contributed by atoms with Crippen molar-refractivity contribution in [2.24, 2.45) is 5.92 Å². The minimum Gasteiger partial charge on any atom is -0.444 e. The van der Waals surface area contributed by atoms with E-state index in [9.17, 15) is 14.4 Å². The fraction of sp³-hybridized carbons (Fsp3) is 0.652. The number of aromatic nitrogens is 1. The number of nitrogens with zero attached hydrogens (tertiary/aromatic N) is 2. The lowest BCUT2D eigenvalue weighted by atomic mass is 9.91. The lowest BCUT2D eigenvalue weighted by Gasteiger charge is -2.33. The van der Waals surface area contributed by atoms with Gasteiger partial charge in [0.25, 0.3) is 0 Å². The summed E-state index contributed by atoms with van der Waals surface area (Å²) in [5.41, 5.74) is 0.413. The number of nitrogens with one attached hydrogen (secondary N) is 3. The van der Waals surface area contributed by atoms with Gasteiger partial charge in [-0.1, -0.05) is 0 Å². The molecule has 32 heavy (non-hydrogen) atoms. The Morgan fingerprint density at radius 2 is 1.97 bits per heavy atom. The molecule has 3 heterocycles. The molecule has 3 rings (SSSR count). The number of anilines is 1. The van der Waals surface area contributed by atoms with Crippen LogP contribution in [0.3, 0.4) is 0 Å². The molecule has 0 aromatic carbocycles. The van der Waals surface area contributed by atoms with E-state index in [1.807, 2.05) is 32.9 Å². The zero-order valence-corrected chi connectivity index (χ0v) is 19.3. The molecule has 2 aliphatic heterocycles. The molecule has 0 saturated carbocycles. The molecule has 3 N–H and O–H groups in total. The van der Waals surface area contributed by atoms with Gasteiger partial charge in [0.2, 0.25) is 11.8 Å². The second-order valence-electron chi connectivity index (χ2n) is 9.52. The Labute approximate surface area is 189 Å². The van der Waals surface area contributed by atoms with Crippen molar-refractivity contribution in [1.29, 1.82) is 0 Å². The number of hydrogen-bond donors (Lipinski definition) is 3. The van der Waals surface area contributed by atoms with E-state index in [1.54, 1.807) is 11.1 Å². The van der Waals surface area contributed by atoms with Gasteiger partial charge in [0, 0.05) is 38.8 Å². The van der Waals surface area contributed by atoms with Gasteiger partial charge in [-0.15, -0.1) is 0 Å². The van der Waals surface area contributed by atoms with Crippen LogP contribution in [0.4, 0.5) is 10.6 Å². The zero-order chi connectivity index (χ0) is 23.1. The standard InChI is InChI=1S/C23H35N5O4/c1-23(2,3)32-22(31)28-12-7-16(8-13-28)15-24-10-11-26-19-14-17(6-9-25-19)18-4-5-20(29)27-21(18)30/h6,9,14,16,18,24H,4-5,7-8,10-13,15H2,1-3H3,(H,25,26)(H,27,29,30). The van der Waals surface area contributed by atoms with Gasteiger partial charge in [0.15, 0.2) is 0 Å². The molecule has 2 fully saturated rings. The van der Waals surface area contributed by atoms with E-state index in [0.29, 0.717) is 25.3 Å². The second kappa shape index (κ2) is 10.8. The van der Waals surface area contributed by atoms with Gasteiger partial charge in [-0.2, -0.15) is 0 Å². The van der Waals surface area contributed by atoms with Crippen molar-refractivity contribution >= 4 is 23.7 Å². The van der Waals surface area contributed by atoms with Crippen molar-refractivity contribution in [3.8, 4) is 0 Å². The molecule has 2 saturated heterocycles. The summed E-state index contributed by atoms with van der Waals surface area (Å²) in [5.74, 6) is 0.515. The summed E-state index contributed by atoms with van der Waals surface area (Å²) in [5, 5.41) is 9.16. The first-order chi connectivity index (χ1) is 15.2. The number of amides is 3. The van der Waals surface area contributed by atoms with E-state index in [1.165, 1.54) is 0 Å².